The van der Waals surface area contributed by atoms with Gasteiger partial charge >= 0.3 is 0 Å². The average Bonchev–Trinajstić information content (AvgIpc) is 2.58. The van der Waals surface area contributed by atoms with Gasteiger partial charge in [-0.2, -0.15) is 0 Å². The summed E-state index contributed by atoms with van der Waals surface area (Å²) in [5, 5.41) is 18.9. The number of phenols is 2. The molecule has 0 bridgehead atoms. The number of aromatic nitrogens is 2. The number of aromatic hydroxyl groups is 2. The first-order valence-electron chi connectivity index (χ1n) is 4.60. The van der Waals surface area contributed by atoms with Gasteiger partial charge in [0, 0.05) is 12.0 Å². The van der Waals surface area contributed by atoms with E-state index < -0.39 is 0 Å². The molecule has 15 heavy (non-hydrogen) atoms. The number of nitrogens with one attached hydrogen (secondary N) is 1. The van der Waals surface area contributed by atoms with Crippen LogP contribution in [0.25, 0.3) is 11.0 Å². The molecular weight excluding hydrogens is 216 g/mol. The van der Waals surface area contributed by atoms with Crippen molar-refractivity contribution in [1.82, 2.24) is 9.97 Å². The number of benzene rings is 1. The molecule has 0 aliphatic heterocycles. The Labute approximate surface area is 91.5 Å². The fourth-order valence-corrected chi connectivity index (χ4v) is 1.62. The van der Waals surface area contributed by atoms with Gasteiger partial charge in [-0.15, -0.1) is 0 Å². The highest BCUT2D eigenvalue weighted by Crippen LogP contribution is 2.38. The largest absolute Gasteiger partial charge is 0.504 e. The smallest absolute Gasteiger partial charge is 0.178 e. The monoisotopic (exact) mass is 226 g/mol. The van der Waals surface area contributed by atoms with E-state index in [0.717, 1.165) is 5.82 Å². The molecule has 0 amide bonds. The van der Waals surface area contributed by atoms with E-state index in [4.69, 9.17) is 11.6 Å². The highest BCUT2D eigenvalue weighted by Gasteiger charge is 2.15. The van der Waals surface area contributed by atoms with Gasteiger partial charge in [0.2, 0.25) is 0 Å². The van der Waals surface area contributed by atoms with E-state index >= 15 is 0 Å². The Bertz CT molecular complexity index is 520. The minimum atomic E-state index is -0.317. The van der Waals surface area contributed by atoms with E-state index in [-0.39, 0.29) is 22.4 Å². The van der Waals surface area contributed by atoms with Crippen molar-refractivity contribution in [3.8, 4) is 11.5 Å². The number of halogens is 1. The van der Waals surface area contributed by atoms with E-state index in [1.165, 1.54) is 6.07 Å². The number of nitrogens with zero attached hydrogens (tertiary/aromatic N) is 1. The molecule has 0 fully saturated rings. The van der Waals surface area contributed by atoms with E-state index in [2.05, 4.69) is 9.97 Å². The topological polar surface area (TPSA) is 69.1 Å². The normalized spacial score (nSPS) is 11.5. The minimum Gasteiger partial charge on any atom is -0.504 e. The van der Waals surface area contributed by atoms with Crippen LogP contribution in [0.1, 0.15) is 25.6 Å². The second-order valence-electron chi connectivity index (χ2n) is 3.73. The van der Waals surface area contributed by atoms with Gasteiger partial charge in [-0.3, -0.25) is 0 Å². The predicted molar refractivity (Wildman–Crippen MR) is 58.5 cm³/mol. The lowest BCUT2D eigenvalue weighted by atomic mass is 10.2. The number of imidazole rings is 1. The molecule has 5 heteroatoms. The molecular formula is C10H11ClN2O2. The first-order valence-corrected chi connectivity index (χ1v) is 4.98. The number of hydrogen-bond acceptors (Lipinski definition) is 3. The van der Waals surface area contributed by atoms with Crippen LogP contribution in [-0.4, -0.2) is 20.2 Å². The molecule has 80 valence electrons. The first-order chi connectivity index (χ1) is 7.00. The molecule has 1 aromatic heterocycles. The summed E-state index contributed by atoms with van der Waals surface area (Å²) in [5.41, 5.74) is 1.11. The van der Waals surface area contributed by atoms with Crippen molar-refractivity contribution in [1.29, 1.82) is 0 Å². The average molecular weight is 227 g/mol. The highest BCUT2D eigenvalue weighted by atomic mass is 35.5. The molecule has 3 N–H and O–H groups in total. The number of phenolic OH excluding ortho intramolecular Hbond substituents is 2. The van der Waals surface area contributed by atoms with Crippen molar-refractivity contribution in [3.05, 3.63) is 16.9 Å². The van der Waals surface area contributed by atoms with Crippen LogP contribution in [0, 0.1) is 0 Å². The molecule has 0 saturated carbocycles. The molecule has 0 aliphatic rings. The van der Waals surface area contributed by atoms with Crippen molar-refractivity contribution >= 4 is 22.6 Å². The van der Waals surface area contributed by atoms with Crippen LogP contribution in [0.4, 0.5) is 0 Å². The number of fused-ring (bicyclic) bond motifs is 1. The van der Waals surface area contributed by atoms with E-state index in [9.17, 15) is 10.2 Å². The van der Waals surface area contributed by atoms with Crippen LogP contribution in [0.2, 0.25) is 5.02 Å². The predicted octanol–water partition coefficient (Wildman–Crippen LogP) is 2.75. The van der Waals surface area contributed by atoms with E-state index in [1.807, 2.05) is 13.8 Å². The summed E-state index contributed by atoms with van der Waals surface area (Å²) in [5.74, 6) is 0.437. The van der Waals surface area contributed by atoms with E-state index in [0.29, 0.717) is 11.0 Å². The molecule has 4 nitrogen and oxygen atoms in total. The summed E-state index contributed by atoms with van der Waals surface area (Å²) in [6, 6.07) is 1.39. The maximum Gasteiger partial charge on any atom is 0.178 e. The summed E-state index contributed by atoms with van der Waals surface area (Å²) in [6.07, 6.45) is 0. The second kappa shape index (κ2) is 3.31. The number of H-pyrrole nitrogens is 1. The number of hydrogen-bond donors (Lipinski definition) is 3. The molecule has 0 saturated heterocycles. The molecule has 1 aromatic carbocycles. The van der Waals surface area contributed by atoms with Crippen LogP contribution >= 0.6 is 11.6 Å². The molecule has 2 aromatic rings. The summed E-state index contributed by atoms with van der Waals surface area (Å²) in [6.45, 7) is 3.98. The van der Waals surface area contributed by atoms with Gasteiger partial charge in [0.1, 0.15) is 10.8 Å². The summed E-state index contributed by atoms with van der Waals surface area (Å²) >= 11 is 5.87. The summed E-state index contributed by atoms with van der Waals surface area (Å²) < 4.78 is 0. The van der Waals surface area contributed by atoms with Crippen molar-refractivity contribution in [3.63, 3.8) is 0 Å². The lowest BCUT2D eigenvalue weighted by Crippen LogP contribution is -1.88. The van der Waals surface area contributed by atoms with E-state index in [1.54, 1.807) is 0 Å². The molecule has 0 radical (unpaired) electrons. The zero-order valence-electron chi connectivity index (χ0n) is 8.37. The third-order valence-corrected chi connectivity index (χ3v) is 2.61. The van der Waals surface area contributed by atoms with Crippen LogP contribution in [-0.2, 0) is 0 Å². The zero-order chi connectivity index (χ0) is 11.2. The Morgan fingerprint density at radius 2 is 2.07 bits per heavy atom. The maximum atomic E-state index is 9.42. The van der Waals surface area contributed by atoms with Gasteiger partial charge in [-0.25, -0.2) is 4.98 Å². The quantitative estimate of drug-likeness (QED) is 0.655. The SMILES string of the molecule is CC(C)c1nc2cc(O)c(O)c(Cl)c2[nH]1. The van der Waals surface area contributed by atoms with Crippen LogP contribution in [0.5, 0.6) is 11.5 Å². The van der Waals surface area contributed by atoms with Crippen molar-refractivity contribution in [2.45, 2.75) is 19.8 Å². The van der Waals surface area contributed by atoms with Crippen molar-refractivity contribution < 1.29 is 10.2 Å². The molecule has 0 atom stereocenters. The summed E-state index contributed by atoms with van der Waals surface area (Å²) in [7, 11) is 0. The zero-order valence-corrected chi connectivity index (χ0v) is 9.13. The highest BCUT2D eigenvalue weighted by molar-refractivity contribution is 6.36. The number of rotatable bonds is 1. The first kappa shape index (κ1) is 10.1. The van der Waals surface area contributed by atoms with Crippen LogP contribution in [0.15, 0.2) is 6.07 Å². The van der Waals surface area contributed by atoms with Crippen molar-refractivity contribution in [2.75, 3.05) is 0 Å². The number of aromatic amines is 1. The maximum absolute atomic E-state index is 9.42. The lowest BCUT2D eigenvalue weighted by molar-refractivity contribution is 0.405. The fraction of sp³-hybridized carbons (Fsp3) is 0.300. The van der Waals surface area contributed by atoms with Gasteiger partial charge in [-0.05, 0) is 0 Å². The Kier molecular flexibility index (Phi) is 2.23. The van der Waals surface area contributed by atoms with Crippen molar-refractivity contribution in [2.24, 2.45) is 0 Å². The molecule has 0 spiro atoms. The third kappa shape index (κ3) is 1.51. The third-order valence-electron chi connectivity index (χ3n) is 2.24. The van der Waals surface area contributed by atoms with Gasteiger partial charge < -0.3 is 15.2 Å². The van der Waals surface area contributed by atoms with Gasteiger partial charge in [0.05, 0.1) is 11.0 Å². The standard InChI is InChI=1S/C10H11ClN2O2/c1-4(2)10-12-5-3-6(14)9(15)7(11)8(5)13-10/h3-4,14-15H,1-2H3,(H,12,13). The lowest BCUT2D eigenvalue weighted by Gasteiger charge is -1.99. The van der Waals surface area contributed by atoms with Gasteiger partial charge in [-0.1, -0.05) is 25.4 Å². The molecule has 1 heterocycles. The Balaban J connectivity index is 2.76. The summed E-state index contributed by atoms with van der Waals surface area (Å²) in [4.78, 5) is 7.28. The Morgan fingerprint density at radius 1 is 1.40 bits per heavy atom. The van der Waals surface area contributed by atoms with Gasteiger partial charge in [0.15, 0.2) is 11.5 Å². The molecule has 2 rings (SSSR count). The second-order valence-corrected chi connectivity index (χ2v) is 4.11. The molecule has 0 unspecified atom stereocenters. The Morgan fingerprint density at radius 3 is 2.67 bits per heavy atom. The minimum absolute atomic E-state index is 0.101. The van der Waals surface area contributed by atoms with Crippen LogP contribution < -0.4 is 0 Å². The fourth-order valence-electron chi connectivity index (χ4n) is 1.38. The molecule has 0 aliphatic carbocycles. The Hall–Kier alpha value is -1.42. The van der Waals surface area contributed by atoms with Crippen LogP contribution in [0.3, 0.4) is 0 Å². The van der Waals surface area contributed by atoms with Gasteiger partial charge in [0.25, 0.3) is 0 Å².